The third kappa shape index (κ3) is 5.71. The zero-order valence-corrected chi connectivity index (χ0v) is 19.7. The van der Waals surface area contributed by atoms with Crippen LogP contribution in [0.25, 0.3) is 0 Å². The number of benzene rings is 1. The van der Waals surface area contributed by atoms with Gasteiger partial charge in [0.15, 0.2) is 5.96 Å². The highest BCUT2D eigenvalue weighted by atomic mass is 127. The van der Waals surface area contributed by atoms with E-state index in [9.17, 15) is 0 Å². The third-order valence-electron chi connectivity index (χ3n) is 5.82. The van der Waals surface area contributed by atoms with Crippen molar-refractivity contribution in [3.8, 4) is 0 Å². The van der Waals surface area contributed by atoms with Crippen LogP contribution >= 0.6 is 24.0 Å². The van der Waals surface area contributed by atoms with Crippen LogP contribution in [0.2, 0.25) is 0 Å². The van der Waals surface area contributed by atoms with Crippen molar-refractivity contribution in [1.29, 1.82) is 0 Å². The minimum Gasteiger partial charge on any atom is -0.357 e. The van der Waals surface area contributed by atoms with Crippen molar-refractivity contribution in [2.24, 2.45) is 4.99 Å². The van der Waals surface area contributed by atoms with Gasteiger partial charge in [0.2, 0.25) is 0 Å². The van der Waals surface area contributed by atoms with Crippen molar-refractivity contribution in [2.45, 2.75) is 70.9 Å². The second-order valence-electron chi connectivity index (χ2n) is 7.86. The molecule has 0 spiro atoms. The molecule has 0 amide bonds. The zero-order chi connectivity index (χ0) is 19.2. The van der Waals surface area contributed by atoms with Crippen molar-refractivity contribution < 1.29 is 0 Å². The molecule has 2 aliphatic rings. The summed E-state index contributed by atoms with van der Waals surface area (Å²) in [6, 6.07) is 9.24. The average Bonchev–Trinajstić information content (AvgIpc) is 2.94. The number of hydrogen-bond donors (Lipinski definition) is 2. The van der Waals surface area contributed by atoms with Crippen LogP contribution in [0.5, 0.6) is 0 Å². The Kier molecular flexibility index (Phi) is 8.32. The maximum Gasteiger partial charge on any atom is 0.191 e. The number of aromatic nitrogens is 3. The number of fused-ring (bicyclic) bond motifs is 2. The molecule has 1 aromatic carbocycles. The summed E-state index contributed by atoms with van der Waals surface area (Å²) in [6.07, 6.45) is 9.01. The van der Waals surface area contributed by atoms with E-state index in [4.69, 9.17) is 4.99 Å². The first-order valence-corrected chi connectivity index (χ1v) is 10.9. The summed E-state index contributed by atoms with van der Waals surface area (Å²) in [7, 11) is 0. The lowest BCUT2D eigenvalue weighted by Gasteiger charge is -2.27. The second-order valence-corrected chi connectivity index (χ2v) is 7.86. The number of aliphatic imine (C=N–C) groups is 1. The summed E-state index contributed by atoms with van der Waals surface area (Å²) in [4.78, 5) is 4.82. The van der Waals surface area contributed by atoms with Crippen molar-refractivity contribution in [1.82, 2.24) is 25.4 Å². The highest BCUT2D eigenvalue weighted by Crippen LogP contribution is 2.21. The molecule has 29 heavy (non-hydrogen) atoms. The van der Waals surface area contributed by atoms with Gasteiger partial charge in [-0.15, -0.1) is 34.2 Å². The molecule has 1 unspecified atom stereocenters. The van der Waals surface area contributed by atoms with Crippen LogP contribution < -0.4 is 10.6 Å². The number of aryl methyl sites for hydroxylation is 2. The Bertz CT molecular complexity index is 815. The van der Waals surface area contributed by atoms with Crippen LogP contribution in [0, 0.1) is 0 Å². The molecule has 2 N–H and O–H groups in total. The summed E-state index contributed by atoms with van der Waals surface area (Å²) in [6.45, 7) is 4.78. The van der Waals surface area contributed by atoms with Crippen molar-refractivity contribution in [3.63, 3.8) is 0 Å². The molecule has 4 rings (SSSR count). The molecule has 7 heteroatoms. The topological polar surface area (TPSA) is 67.1 Å². The number of nitrogens with zero attached hydrogens (tertiary/aromatic N) is 4. The molecule has 2 heterocycles. The van der Waals surface area contributed by atoms with Crippen molar-refractivity contribution in [3.05, 3.63) is 47.0 Å². The van der Waals surface area contributed by atoms with Gasteiger partial charge in [-0.1, -0.05) is 30.7 Å². The summed E-state index contributed by atoms with van der Waals surface area (Å²) in [5.41, 5.74) is 2.96. The van der Waals surface area contributed by atoms with Gasteiger partial charge in [0.1, 0.15) is 11.6 Å². The van der Waals surface area contributed by atoms with Crippen LogP contribution in [0.3, 0.4) is 0 Å². The molecule has 0 saturated heterocycles. The van der Waals surface area contributed by atoms with Crippen LogP contribution in [0.1, 0.15) is 55.4 Å². The molecule has 0 saturated carbocycles. The van der Waals surface area contributed by atoms with Gasteiger partial charge in [-0.05, 0) is 50.2 Å². The Labute approximate surface area is 191 Å². The Morgan fingerprint density at radius 3 is 2.86 bits per heavy atom. The van der Waals surface area contributed by atoms with Gasteiger partial charge in [0, 0.05) is 38.5 Å². The molecule has 0 radical (unpaired) electrons. The number of nitrogens with one attached hydrogen (secondary N) is 2. The highest BCUT2D eigenvalue weighted by Gasteiger charge is 2.19. The summed E-state index contributed by atoms with van der Waals surface area (Å²) in [5, 5.41) is 15.9. The monoisotopic (exact) mass is 508 g/mol. The SMILES string of the molecule is CCNC(=NCCc1nnc2n1CCCCC2)NC1CCc2ccccc2C1.I. The standard InChI is InChI=1S/C22H32N6.HI/c1-2-23-22(25-19-12-11-17-8-5-6-9-18(17)16-19)24-14-13-21-27-26-20-10-4-3-7-15-28(20)21;/h5-6,8-9,19H,2-4,7,10-16H2,1H3,(H2,23,24,25);1H. The molecule has 158 valence electrons. The third-order valence-corrected chi connectivity index (χ3v) is 5.82. The molecule has 1 atom stereocenters. The number of halogens is 1. The highest BCUT2D eigenvalue weighted by molar-refractivity contribution is 14.0. The number of rotatable bonds is 5. The van der Waals surface area contributed by atoms with Crippen LogP contribution in [0.15, 0.2) is 29.3 Å². The Balaban J connectivity index is 0.00000240. The van der Waals surface area contributed by atoms with E-state index in [0.29, 0.717) is 6.04 Å². The molecular formula is C22H33IN6. The Morgan fingerprint density at radius 1 is 1.14 bits per heavy atom. The smallest absolute Gasteiger partial charge is 0.191 e. The molecule has 0 bridgehead atoms. The first-order chi connectivity index (χ1) is 13.8. The van der Waals surface area contributed by atoms with Gasteiger partial charge in [-0.2, -0.15) is 0 Å². The zero-order valence-electron chi connectivity index (χ0n) is 17.4. The lowest BCUT2D eigenvalue weighted by atomic mass is 9.88. The molecular weight excluding hydrogens is 475 g/mol. The summed E-state index contributed by atoms with van der Waals surface area (Å²) in [5.74, 6) is 3.16. The van der Waals surface area contributed by atoms with Gasteiger partial charge in [-0.3, -0.25) is 4.99 Å². The number of hydrogen-bond acceptors (Lipinski definition) is 3. The van der Waals surface area contributed by atoms with E-state index < -0.39 is 0 Å². The fraction of sp³-hybridized carbons (Fsp3) is 0.591. The van der Waals surface area contributed by atoms with E-state index >= 15 is 0 Å². The fourth-order valence-corrected chi connectivity index (χ4v) is 4.33. The van der Waals surface area contributed by atoms with E-state index in [2.05, 4.69) is 56.6 Å². The number of guanidine groups is 1. The molecule has 1 aromatic heterocycles. The average molecular weight is 508 g/mol. The molecule has 0 fully saturated rings. The molecule has 6 nitrogen and oxygen atoms in total. The lowest BCUT2D eigenvalue weighted by molar-refractivity contribution is 0.520. The first kappa shape index (κ1) is 22.1. The molecule has 2 aromatic rings. The van der Waals surface area contributed by atoms with E-state index in [1.807, 2.05) is 0 Å². The Morgan fingerprint density at radius 2 is 2.00 bits per heavy atom. The fourth-order valence-electron chi connectivity index (χ4n) is 4.33. The van der Waals surface area contributed by atoms with Gasteiger partial charge in [-0.25, -0.2) is 0 Å². The Hall–Kier alpha value is -1.64. The predicted molar refractivity (Wildman–Crippen MR) is 128 cm³/mol. The van der Waals surface area contributed by atoms with Crippen molar-refractivity contribution in [2.75, 3.05) is 13.1 Å². The van der Waals surface area contributed by atoms with E-state index in [-0.39, 0.29) is 24.0 Å². The van der Waals surface area contributed by atoms with Crippen LogP contribution in [-0.2, 0) is 32.2 Å². The maximum atomic E-state index is 4.82. The minimum absolute atomic E-state index is 0. The van der Waals surface area contributed by atoms with Gasteiger partial charge < -0.3 is 15.2 Å². The van der Waals surface area contributed by atoms with E-state index in [1.54, 1.807) is 0 Å². The summed E-state index contributed by atoms with van der Waals surface area (Å²) >= 11 is 0. The second kappa shape index (κ2) is 10.9. The van der Waals surface area contributed by atoms with E-state index in [0.717, 1.165) is 69.3 Å². The van der Waals surface area contributed by atoms with Gasteiger partial charge in [0.25, 0.3) is 0 Å². The minimum atomic E-state index is 0. The van der Waals surface area contributed by atoms with Crippen molar-refractivity contribution >= 4 is 29.9 Å². The normalized spacial score (nSPS) is 18.8. The predicted octanol–water partition coefficient (Wildman–Crippen LogP) is 3.28. The quantitative estimate of drug-likeness (QED) is 0.370. The van der Waals surface area contributed by atoms with Gasteiger partial charge in [0.05, 0.1) is 0 Å². The lowest BCUT2D eigenvalue weighted by Crippen LogP contribution is -2.45. The first-order valence-electron chi connectivity index (χ1n) is 10.9. The molecule has 1 aliphatic carbocycles. The van der Waals surface area contributed by atoms with Crippen LogP contribution in [-0.4, -0.2) is 39.9 Å². The molecule has 1 aliphatic heterocycles. The van der Waals surface area contributed by atoms with Gasteiger partial charge >= 0.3 is 0 Å². The maximum absolute atomic E-state index is 4.82. The summed E-state index contributed by atoms with van der Waals surface area (Å²) < 4.78 is 2.32. The largest absolute Gasteiger partial charge is 0.357 e. The van der Waals surface area contributed by atoms with E-state index in [1.165, 1.54) is 30.4 Å². The van der Waals surface area contributed by atoms with Crippen LogP contribution in [0.4, 0.5) is 0 Å².